The molecule has 9 heteroatoms. The largest absolute Gasteiger partial charge is 0.336 e. The Morgan fingerprint density at radius 2 is 1.65 bits per heavy atom. The van der Waals surface area contributed by atoms with Crippen molar-refractivity contribution in [3.63, 3.8) is 0 Å². The molecule has 1 N–H and O–H groups in total. The fourth-order valence-corrected chi connectivity index (χ4v) is 2.07. The van der Waals surface area contributed by atoms with Crippen molar-refractivity contribution in [1.82, 2.24) is 20.0 Å². The van der Waals surface area contributed by atoms with Gasteiger partial charge in [0.2, 0.25) is 0 Å². The normalized spacial score (nSPS) is 19.4. The van der Waals surface area contributed by atoms with Crippen molar-refractivity contribution in [2.24, 2.45) is 0 Å². The van der Waals surface area contributed by atoms with Gasteiger partial charge in [-0.2, -0.15) is 0 Å². The van der Waals surface area contributed by atoms with Gasteiger partial charge in [-0.3, -0.25) is 29.0 Å². The molecule has 0 aromatic carbocycles. The van der Waals surface area contributed by atoms with Gasteiger partial charge in [-0.25, -0.2) is 4.79 Å². The van der Waals surface area contributed by atoms with Crippen molar-refractivity contribution >= 4 is 29.7 Å². The molecule has 0 aromatic heterocycles. The molecule has 0 aliphatic carbocycles. The van der Waals surface area contributed by atoms with Crippen molar-refractivity contribution in [2.45, 2.75) is 6.92 Å². The number of rotatable bonds is 1. The van der Waals surface area contributed by atoms with Crippen molar-refractivity contribution < 1.29 is 24.0 Å². The van der Waals surface area contributed by atoms with Gasteiger partial charge in [0.25, 0.3) is 0 Å². The highest BCUT2D eigenvalue weighted by atomic mass is 16.2. The van der Waals surface area contributed by atoms with Gasteiger partial charge in [0.1, 0.15) is 0 Å². The highest BCUT2D eigenvalue weighted by Gasteiger charge is 2.41. The van der Waals surface area contributed by atoms with E-state index in [-0.39, 0.29) is 26.2 Å². The van der Waals surface area contributed by atoms with Crippen LogP contribution in [0.2, 0.25) is 0 Å². The third kappa shape index (κ3) is 2.22. The number of amides is 6. The maximum absolute atomic E-state index is 11.9. The van der Waals surface area contributed by atoms with Crippen LogP contribution in [0.25, 0.3) is 0 Å². The Hall–Kier alpha value is -2.45. The predicted molar refractivity (Wildman–Crippen MR) is 64.1 cm³/mol. The number of hydrogen-bond donors (Lipinski definition) is 1. The molecule has 2 saturated heterocycles. The SMILES string of the molecule is CCN1CCN(C(=O)C(=O)N2CCNC2=O)C(=O)C1=O. The fraction of sp³-hybridized carbons (Fsp3) is 0.545. The summed E-state index contributed by atoms with van der Waals surface area (Å²) in [7, 11) is 0. The van der Waals surface area contributed by atoms with Crippen LogP contribution in [-0.2, 0) is 19.2 Å². The van der Waals surface area contributed by atoms with Crippen LogP contribution in [0.1, 0.15) is 6.92 Å². The van der Waals surface area contributed by atoms with E-state index in [4.69, 9.17) is 0 Å². The molecule has 6 amide bonds. The van der Waals surface area contributed by atoms with E-state index in [0.29, 0.717) is 11.4 Å². The first-order chi connectivity index (χ1) is 9.47. The minimum absolute atomic E-state index is 0.0432. The lowest BCUT2D eigenvalue weighted by molar-refractivity contribution is -0.164. The van der Waals surface area contributed by atoms with Crippen LogP contribution in [0.5, 0.6) is 0 Å². The van der Waals surface area contributed by atoms with Crippen LogP contribution < -0.4 is 5.32 Å². The molecule has 0 unspecified atom stereocenters. The summed E-state index contributed by atoms with van der Waals surface area (Å²) in [6, 6.07) is -0.672. The Morgan fingerprint density at radius 1 is 1.00 bits per heavy atom. The Balaban J connectivity index is 2.10. The Morgan fingerprint density at radius 3 is 2.20 bits per heavy atom. The number of likely N-dealkylation sites (N-methyl/N-ethyl adjacent to an activating group) is 1. The minimum Gasteiger partial charge on any atom is -0.336 e. The molecule has 108 valence electrons. The van der Waals surface area contributed by atoms with E-state index >= 15 is 0 Å². The van der Waals surface area contributed by atoms with Crippen molar-refractivity contribution in [3.8, 4) is 0 Å². The molecule has 2 heterocycles. The van der Waals surface area contributed by atoms with Crippen LogP contribution in [0, 0.1) is 0 Å². The first-order valence-electron chi connectivity index (χ1n) is 6.21. The number of piperazine rings is 1. The van der Waals surface area contributed by atoms with E-state index in [0.717, 1.165) is 4.90 Å². The molecule has 2 aliphatic heterocycles. The third-order valence-electron chi connectivity index (χ3n) is 3.22. The summed E-state index contributed by atoms with van der Waals surface area (Å²) >= 11 is 0. The van der Waals surface area contributed by atoms with E-state index in [9.17, 15) is 24.0 Å². The van der Waals surface area contributed by atoms with Gasteiger partial charge in [-0.05, 0) is 6.92 Å². The highest BCUT2D eigenvalue weighted by Crippen LogP contribution is 2.08. The van der Waals surface area contributed by atoms with Crippen LogP contribution >= 0.6 is 0 Å². The molecule has 2 rings (SSSR count). The molecule has 2 fully saturated rings. The summed E-state index contributed by atoms with van der Waals surface area (Å²) in [5, 5.41) is 2.38. The molecule has 0 atom stereocenters. The number of hydrogen-bond acceptors (Lipinski definition) is 5. The molecule has 0 saturated carbocycles. The van der Waals surface area contributed by atoms with E-state index < -0.39 is 29.7 Å². The summed E-state index contributed by atoms with van der Waals surface area (Å²) < 4.78 is 0. The first kappa shape index (κ1) is 14.0. The molecule has 0 radical (unpaired) electrons. The van der Waals surface area contributed by atoms with Gasteiger partial charge in [0.05, 0.1) is 0 Å². The maximum atomic E-state index is 11.9. The second-order valence-corrected chi connectivity index (χ2v) is 4.34. The minimum atomic E-state index is -1.14. The van der Waals surface area contributed by atoms with Gasteiger partial charge in [-0.1, -0.05) is 0 Å². The van der Waals surface area contributed by atoms with E-state index in [2.05, 4.69) is 5.32 Å². The number of nitrogens with one attached hydrogen (secondary N) is 1. The molecular formula is C11H14N4O5. The summed E-state index contributed by atoms with van der Waals surface area (Å²) in [4.78, 5) is 61.2. The van der Waals surface area contributed by atoms with Gasteiger partial charge < -0.3 is 10.2 Å². The molecule has 20 heavy (non-hydrogen) atoms. The summed E-state index contributed by atoms with van der Waals surface area (Å²) in [6.07, 6.45) is 0. The Labute approximate surface area is 114 Å². The zero-order chi connectivity index (χ0) is 14.9. The van der Waals surface area contributed by atoms with E-state index in [1.807, 2.05) is 0 Å². The molecule has 2 aliphatic rings. The van der Waals surface area contributed by atoms with Crippen molar-refractivity contribution in [2.75, 3.05) is 32.7 Å². The van der Waals surface area contributed by atoms with Crippen LogP contribution in [0.3, 0.4) is 0 Å². The van der Waals surface area contributed by atoms with Crippen LogP contribution in [-0.4, -0.2) is 77.1 Å². The van der Waals surface area contributed by atoms with Gasteiger partial charge in [-0.15, -0.1) is 0 Å². The van der Waals surface area contributed by atoms with Gasteiger partial charge in [0, 0.05) is 32.7 Å². The van der Waals surface area contributed by atoms with E-state index in [1.165, 1.54) is 4.90 Å². The van der Waals surface area contributed by atoms with Gasteiger partial charge in [0.15, 0.2) is 0 Å². The lowest BCUT2D eigenvalue weighted by Gasteiger charge is -2.31. The second kappa shape index (κ2) is 5.27. The number of nitrogens with zero attached hydrogens (tertiary/aromatic N) is 3. The average molecular weight is 282 g/mol. The standard InChI is InChI=1S/C11H14N4O5/c1-2-13-5-6-14(8(17)7(13)16)9(18)10(19)15-4-3-12-11(15)20/h2-6H2,1H3,(H,12,20). The molecule has 0 aromatic rings. The van der Waals surface area contributed by atoms with Crippen LogP contribution in [0.15, 0.2) is 0 Å². The number of imide groups is 2. The van der Waals surface area contributed by atoms with Crippen LogP contribution in [0.4, 0.5) is 4.79 Å². The quantitative estimate of drug-likeness (QED) is 0.547. The highest BCUT2D eigenvalue weighted by molar-refractivity contribution is 6.47. The summed E-state index contributed by atoms with van der Waals surface area (Å²) in [6.45, 7) is 2.54. The molecule has 0 bridgehead atoms. The molecule has 0 spiro atoms. The zero-order valence-corrected chi connectivity index (χ0v) is 10.9. The molecular weight excluding hydrogens is 268 g/mol. The number of carbonyl (C=O) groups excluding carboxylic acids is 5. The second-order valence-electron chi connectivity index (χ2n) is 4.34. The number of carbonyl (C=O) groups is 5. The lowest BCUT2D eigenvalue weighted by Crippen LogP contribution is -2.59. The Kier molecular flexibility index (Phi) is 3.68. The fourth-order valence-electron chi connectivity index (χ4n) is 2.07. The van der Waals surface area contributed by atoms with E-state index in [1.54, 1.807) is 6.92 Å². The topological polar surface area (TPSA) is 107 Å². The summed E-state index contributed by atoms with van der Waals surface area (Å²) in [5.41, 5.74) is 0. The Bertz CT molecular complexity index is 503. The third-order valence-corrected chi connectivity index (χ3v) is 3.22. The monoisotopic (exact) mass is 282 g/mol. The maximum Gasteiger partial charge on any atom is 0.324 e. The molecule has 9 nitrogen and oxygen atoms in total. The average Bonchev–Trinajstić information content (AvgIpc) is 2.86. The number of urea groups is 1. The predicted octanol–water partition coefficient (Wildman–Crippen LogP) is -2.24. The first-order valence-corrected chi connectivity index (χ1v) is 6.21. The van der Waals surface area contributed by atoms with Crippen molar-refractivity contribution in [3.05, 3.63) is 0 Å². The summed E-state index contributed by atoms with van der Waals surface area (Å²) in [5.74, 6) is -4.08. The zero-order valence-electron chi connectivity index (χ0n) is 10.9. The lowest BCUT2D eigenvalue weighted by atomic mass is 10.2. The van der Waals surface area contributed by atoms with Gasteiger partial charge >= 0.3 is 29.7 Å². The van der Waals surface area contributed by atoms with Crippen molar-refractivity contribution in [1.29, 1.82) is 0 Å². The smallest absolute Gasteiger partial charge is 0.324 e.